The highest BCUT2D eigenvalue weighted by Gasteiger charge is 2.30. The molecule has 6 heteroatoms. The number of nitrogens with one attached hydrogen (secondary N) is 1. The van der Waals surface area contributed by atoms with Gasteiger partial charge in [-0.1, -0.05) is 23.2 Å². The standard InChI is InChI=1S/C13H16Cl2N2O2/c14-9-6-10(15)8-11(7-9)16-13(19)12-2-1-3-17(12)4-5-18/h6-8,12,18H,1-5H2,(H,16,19)/t12-/m1/s1. The molecule has 1 aromatic carbocycles. The number of β-amino-alcohol motifs (C(OH)–C–C–N with tert-alkyl or cyclic N) is 1. The van der Waals surface area contributed by atoms with Gasteiger partial charge in [0.25, 0.3) is 0 Å². The van der Waals surface area contributed by atoms with Crippen LogP contribution >= 0.6 is 23.2 Å². The third-order valence-corrected chi connectivity index (χ3v) is 3.62. The quantitative estimate of drug-likeness (QED) is 0.898. The molecule has 0 saturated carbocycles. The fourth-order valence-electron chi connectivity index (χ4n) is 2.37. The maximum absolute atomic E-state index is 12.2. The van der Waals surface area contributed by atoms with Crippen LogP contribution in [0, 0.1) is 0 Å². The molecule has 104 valence electrons. The van der Waals surface area contributed by atoms with Gasteiger partial charge >= 0.3 is 0 Å². The largest absolute Gasteiger partial charge is 0.395 e. The van der Waals surface area contributed by atoms with Crippen molar-refractivity contribution >= 4 is 34.8 Å². The Morgan fingerprint density at radius 2 is 2.05 bits per heavy atom. The van der Waals surface area contributed by atoms with E-state index in [9.17, 15) is 4.79 Å². The predicted molar refractivity (Wildman–Crippen MR) is 76.8 cm³/mol. The van der Waals surface area contributed by atoms with Crippen molar-refractivity contribution in [2.75, 3.05) is 25.0 Å². The van der Waals surface area contributed by atoms with Gasteiger partial charge in [0, 0.05) is 22.3 Å². The number of hydrogen-bond donors (Lipinski definition) is 2. The van der Waals surface area contributed by atoms with Crippen LogP contribution in [0.15, 0.2) is 18.2 Å². The first-order valence-electron chi connectivity index (χ1n) is 6.22. The van der Waals surface area contributed by atoms with E-state index in [4.69, 9.17) is 28.3 Å². The zero-order valence-electron chi connectivity index (χ0n) is 10.4. The van der Waals surface area contributed by atoms with Crippen LogP contribution < -0.4 is 5.32 Å². The first kappa shape index (κ1) is 14.6. The first-order chi connectivity index (χ1) is 9.10. The third-order valence-electron chi connectivity index (χ3n) is 3.18. The number of rotatable bonds is 4. The summed E-state index contributed by atoms with van der Waals surface area (Å²) in [4.78, 5) is 14.2. The Morgan fingerprint density at radius 3 is 2.68 bits per heavy atom. The van der Waals surface area contributed by atoms with Crippen LogP contribution in [-0.4, -0.2) is 41.7 Å². The van der Waals surface area contributed by atoms with Crippen molar-refractivity contribution < 1.29 is 9.90 Å². The molecule has 1 aliphatic heterocycles. The number of carbonyl (C=O) groups excluding carboxylic acids is 1. The molecule has 0 radical (unpaired) electrons. The van der Waals surface area contributed by atoms with Crippen molar-refractivity contribution in [3.63, 3.8) is 0 Å². The topological polar surface area (TPSA) is 52.6 Å². The number of amides is 1. The van der Waals surface area contributed by atoms with Crippen molar-refractivity contribution in [3.8, 4) is 0 Å². The lowest BCUT2D eigenvalue weighted by molar-refractivity contribution is -0.120. The number of aliphatic hydroxyl groups is 1. The molecule has 1 amide bonds. The van der Waals surface area contributed by atoms with E-state index < -0.39 is 0 Å². The second-order valence-electron chi connectivity index (χ2n) is 4.56. The lowest BCUT2D eigenvalue weighted by Gasteiger charge is -2.22. The van der Waals surface area contributed by atoms with Gasteiger partial charge in [-0.3, -0.25) is 9.69 Å². The Kier molecular flexibility index (Phi) is 5.05. The van der Waals surface area contributed by atoms with Crippen LogP contribution in [-0.2, 0) is 4.79 Å². The molecule has 1 saturated heterocycles. The summed E-state index contributed by atoms with van der Waals surface area (Å²) in [6, 6.07) is 4.75. The number of hydrogen-bond acceptors (Lipinski definition) is 3. The van der Waals surface area contributed by atoms with E-state index in [-0.39, 0.29) is 18.6 Å². The van der Waals surface area contributed by atoms with Crippen LogP contribution in [0.5, 0.6) is 0 Å². The number of anilines is 1. The number of aliphatic hydroxyl groups excluding tert-OH is 1. The van der Waals surface area contributed by atoms with Gasteiger partial charge in [0.1, 0.15) is 0 Å². The molecule has 1 heterocycles. The molecular weight excluding hydrogens is 287 g/mol. The van der Waals surface area contributed by atoms with Gasteiger partial charge in [0.2, 0.25) is 5.91 Å². The highest BCUT2D eigenvalue weighted by molar-refractivity contribution is 6.35. The number of likely N-dealkylation sites (tertiary alicyclic amines) is 1. The first-order valence-corrected chi connectivity index (χ1v) is 6.97. The minimum Gasteiger partial charge on any atom is -0.395 e. The summed E-state index contributed by atoms with van der Waals surface area (Å²) in [5.74, 6) is -0.0794. The zero-order chi connectivity index (χ0) is 13.8. The SMILES string of the molecule is O=C(Nc1cc(Cl)cc(Cl)c1)[C@H]1CCCN1CCO. The Hall–Kier alpha value is -0.810. The van der Waals surface area contributed by atoms with Crippen molar-refractivity contribution in [1.29, 1.82) is 0 Å². The van der Waals surface area contributed by atoms with Crippen molar-refractivity contribution in [3.05, 3.63) is 28.2 Å². The van der Waals surface area contributed by atoms with Crippen molar-refractivity contribution in [1.82, 2.24) is 4.90 Å². The van der Waals surface area contributed by atoms with Gasteiger partial charge in [-0.15, -0.1) is 0 Å². The van der Waals surface area contributed by atoms with Crippen LogP contribution in [0.4, 0.5) is 5.69 Å². The molecule has 19 heavy (non-hydrogen) atoms. The van der Waals surface area contributed by atoms with E-state index in [1.54, 1.807) is 18.2 Å². The lowest BCUT2D eigenvalue weighted by atomic mass is 10.2. The highest BCUT2D eigenvalue weighted by Crippen LogP contribution is 2.24. The van der Waals surface area contributed by atoms with E-state index in [0.29, 0.717) is 22.3 Å². The molecule has 1 fully saturated rings. The summed E-state index contributed by atoms with van der Waals surface area (Å²) in [6.07, 6.45) is 1.77. The zero-order valence-corrected chi connectivity index (χ0v) is 11.9. The minimum atomic E-state index is -0.190. The molecule has 2 rings (SSSR count). The van der Waals surface area contributed by atoms with Crippen molar-refractivity contribution in [2.24, 2.45) is 0 Å². The average molecular weight is 303 g/mol. The summed E-state index contributed by atoms with van der Waals surface area (Å²) in [7, 11) is 0. The predicted octanol–water partition coefficient (Wildman–Crippen LogP) is 2.39. The van der Waals surface area contributed by atoms with Gasteiger partial charge in [-0.05, 0) is 37.6 Å². The number of halogens is 2. The highest BCUT2D eigenvalue weighted by atomic mass is 35.5. The summed E-state index contributed by atoms with van der Waals surface area (Å²) >= 11 is 11.8. The van der Waals surface area contributed by atoms with Crippen LogP contribution in [0.2, 0.25) is 10.0 Å². The van der Waals surface area contributed by atoms with E-state index >= 15 is 0 Å². The maximum Gasteiger partial charge on any atom is 0.241 e. The summed E-state index contributed by atoms with van der Waals surface area (Å²) in [5.41, 5.74) is 0.596. The minimum absolute atomic E-state index is 0.0623. The van der Waals surface area contributed by atoms with Crippen molar-refractivity contribution in [2.45, 2.75) is 18.9 Å². The summed E-state index contributed by atoms with van der Waals surface area (Å²) in [6.45, 7) is 1.43. The van der Waals surface area contributed by atoms with Gasteiger partial charge in [-0.2, -0.15) is 0 Å². The third kappa shape index (κ3) is 3.83. The number of nitrogens with zero attached hydrogens (tertiary/aromatic N) is 1. The molecule has 0 aromatic heterocycles. The fourth-order valence-corrected chi connectivity index (χ4v) is 2.90. The Bertz CT molecular complexity index is 448. The molecule has 1 atom stereocenters. The Morgan fingerprint density at radius 1 is 1.37 bits per heavy atom. The molecule has 1 aromatic rings. The summed E-state index contributed by atoms with van der Waals surface area (Å²) in [5, 5.41) is 12.8. The molecule has 0 unspecified atom stereocenters. The molecule has 2 N–H and O–H groups in total. The molecule has 0 bridgehead atoms. The lowest BCUT2D eigenvalue weighted by Crippen LogP contribution is -2.40. The van der Waals surface area contributed by atoms with Gasteiger partial charge in [0.05, 0.1) is 12.6 Å². The second kappa shape index (κ2) is 6.57. The van der Waals surface area contributed by atoms with E-state index in [1.807, 2.05) is 4.90 Å². The molecule has 0 spiro atoms. The van der Waals surface area contributed by atoms with Gasteiger partial charge in [0.15, 0.2) is 0 Å². The van der Waals surface area contributed by atoms with E-state index in [1.165, 1.54) is 0 Å². The van der Waals surface area contributed by atoms with Gasteiger partial charge < -0.3 is 10.4 Å². The molecule has 1 aliphatic rings. The van der Waals surface area contributed by atoms with Crippen LogP contribution in [0.25, 0.3) is 0 Å². The number of carbonyl (C=O) groups is 1. The van der Waals surface area contributed by atoms with Crippen LogP contribution in [0.3, 0.4) is 0 Å². The maximum atomic E-state index is 12.2. The fraction of sp³-hybridized carbons (Fsp3) is 0.462. The summed E-state index contributed by atoms with van der Waals surface area (Å²) < 4.78 is 0. The number of benzene rings is 1. The average Bonchev–Trinajstić information content (AvgIpc) is 2.76. The van der Waals surface area contributed by atoms with Crippen LogP contribution in [0.1, 0.15) is 12.8 Å². The normalized spacial score (nSPS) is 19.6. The molecular formula is C13H16Cl2N2O2. The van der Waals surface area contributed by atoms with E-state index in [2.05, 4.69) is 5.32 Å². The van der Waals surface area contributed by atoms with E-state index in [0.717, 1.165) is 19.4 Å². The van der Waals surface area contributed by atoms with Gasteiger partial charge in [-0.25, -0.2) is 0 Å². The smallest absolute Gasteiger partial charge is 0.241 e. The Balaban J connectivity index is 2.04. The monoisotopic (exact) mass is 302 g/mol. The second-order valence-corrected chi connectivity index (χ2v) is 5.44. The molecule has 0 aliphatic carbocycles. The molecule has 4 nitrogen and oxygen atoms in total. The Labute approximate surface area is 122 Å².